The van der Waals surface area contributed by atoms with Crippen molar-refractivity contribution in [2.45, 2.75) is 75.9 Å². The number of hydrogen-bond acceptors (Lipinski definition) is 0. The summed E-state index contributed by atoms with van der Waals surface area (Å²) < 4.78 is 0. The molecule has 0 unspecified atom stereocenters. The molecule has 1 aliphatic carbocycles. The normalized spacial score (nSPS) is 28.2. The maximum atomic E-state index is 6.02. The Balaban J connectivity index is 1.30. The molecule has 0 nitrogen and oxygen atoms in total. The van der Waals surface area contributed by atoms with E-state index in [9.17, 15) is 0 Å². The van der Waals surface area contributed by atoms with Gasteiger partial charge in [-0.1, -0.05) is 92.3 Å². The highest BCUT2D eigenvalue weighted by molar-refractivity contribution is 6.58. The lowest BCUT2D eigenvalue weighted by molar-refractivity contribution is 0.216. The van der Waals surface area contributed by atoms with Gasteiger partial charge in [-0.05, 0) is 72.3 Å². The second-order valence-electron chi connectivity index (χ2n) is 9.31. The predicted octanol–water partition coefficient (Wildman–Crippen LogP) is 8.33. The smallest absolute Gasteiger partial charge is 0.0406 e. The summed E-state index contributed by atoms with van der Waals surface area (Å²) in [6.07, 6.45) is 10.3. The van der Waals surface area contributed by atoms with Crippen LogP contribution >= 0.6 is 11.6 Å². The molecule has 0 aromatic heterocycles. The summed E-state index contributed by atoms with van der Waals surface area (Å²) in [6, 6.07) is 22.4. The first-order valence-corrected chi connectivity index (χ1v) is 14.4. The zero-order chi connectivity index (χ0) is 19.3. The predicted molar refractivity (Wildman–Crippen MR) is 126 cm³/mol. The molecule has 150 valence electrons. The molecule has 2 aromatic carbocycles. The van der Waals surface area contributed by atoms with Crippen molar-refractivity contribution in [2.24, 2.45) is 11.8 Å². The van der Waals surface area contributed by atoms with E-state index >= 15 is 0 Å². The highest BCUT2D eigenvalue weighted by atomic mass is 35.5. The Morgan fingerprint density at radius 1 is 0.750 bits per heavy atom. The second kappa shape index (κ2) is 9.63. The van der Waals surface area contributed by atoms with E-state index < -0.39 is 0 Å². The maximum absolute atomic E-state index is 6.02. The molecule has 1 saturated heterocycles. The van der Waals surface area contributed by atoms with Crippen molar-refractivity contribution in [3.8, 4) is 11.1 Å². The Morgan fingerprint density at radius 2 is 1.29 bits per heavy atom. The molecule has 0 amide bonds. The maximum Gasteiger partial charge on any atom is 0.0406 e. The summed E-state index contributed by atoms with van der Waals surface area (Å²) >= 11 is 6.02. The lowest BCUT2D eigenvalue weighted by Crippen LogP contribution is -2.28. The van der Waals surface area contributed by atoms with Crippen LogP contribution in [0.2, 0.25) is 23.2 Å². The van der Waals surface area contributed by atoms with Crippen molar-refractivity contribution in [2.75, 3.05) is 0 Å². The highest BCUT2D eigenvalue weighted by Gasteiger charge is 2.31. The summed E-state index contributed by atoms with van der Waals surface area (Å²) in [4.78, 5) is 0. The third-order valence-corrected chi connectivity index (χ3v) is 11.5. The van der Waals surface area contributed by atoms with E-state index in [2.05, 4.69) is 43.3 Å². The van der Waals surface area contributed by atoms with Crippen LogP contribution in [0.1, 0.15) is 63.4 Å². The van der Waals surface area contributed by atoms with Crippen molar-refractivity contribution in [1.82, 2.24) is 0 Å². The first-order chi connectivity index (χ1) is 13.7. The topological polar surface area (TPSA) is 0 Å². The Hall–Kier alpha value is -1.05. The molecule has 0 atom stereocenters. The van der Waals surface area contributed by atoms with E-state index in [1.54, 1.807) is 36.5 Å². The number of halogens is 1. The minimum atomic E-state index is -0.322. The molecule has 2 aromatic rings. The monoisotopic (exact) mass is 410 g/mol. The van der Waals surface area contributed by atoms with Gasteiger partial charge in [-0.3, -0.25) is 0 Å². The van der Waals surface area contributed by atoms with Crippen molar-refractivity contribution in [3.63, 3.8) is 0 Å². The molecule has 28 heavy (non-hydrogen) atoms. The van der Waals surface area contributed by atoms with Gasteiger partial charge in [0.25, 0.3) is 0 Å². The largest absolute Gasteiger partial charge is 0.0843 e. The van der Waals surface area contributed by atoms with Gasteiger partial charge < -0.3 is 0 Å². The molecule has 2 fully saturated rings. The second-order valence-corrected chi connectivity index (χ2v) is 13.2. The SMILES string of the molecule is CCC[SiH]1CCC([C@H]2CC[C@H](c3ccc(-c4ccc(Cl)cc4)cc3)CC2)CC1. The van der Waals surface area contributed by atoms with Gasteiger partial charge in [-0.25, -0.2) is 0 Å². The third-order valence-electron chi connectivity index (χ3n) is 7.59. The molecule has 4 rings (SSSR count). The molecule has 0 N–H and O–H groups in total. The first-order valence-electron chi connectivity index (χ1n) is 11.6. The molecule has 2 aliphatic rings. The van der Waals surface area contributed by atoms with E-state index in [4.69, 9.17) is 11.6 Å². The minimum Gasteiger partial charge on any atom is -0.0843 e. The molecule has 0 spiro atoms. The van der Waals surface area contributed by atoms with Crippen LogP contribution in [0.4, 0.5) is 0 Å². The van der Waals surface area contributed by atoms with Gasteiger partial charge in [-0.15, -0.1) is 0 Å². The van der Waals surface area contributed by atoms with E-state index in [1.165, 1.54) is 43.2 Å². The van der Waals surface area contributed by atoms with Gasteiger partial charge in [0.15, 0.2) is 0 Å². The molecule has 2 heteroatoms. The molecule has 1 saturated carbocycles. The molecule has 1 aliphatic heterocycles. The first kappa shape index (κ1) is 20.2. The molecule has 0 radical (unpaired) electrons. The summed E-state index contributed by atoms with van der Waals surface area (Å²) in [5.74, 6) is 2.87. The van der Waals surface area contributed by atoms with Crippen LogP contribution in [0.15, 0.2) is 48.5 Å². The average Bonchev–Trinajstić information content (AvgIpc) is 2.75. The average molecular weight is 411 g/mol. The van der Waals surface area contributed by atoms with E-state index in [1.807, 2.05) is 12.1 Å². The van der Waals surface area contributed by atoms with Crippen LogP contribution in [0.3, 0.4) is 0 Å². The van der Waals surface area contributed by atoms with Crippen LogP contribution in [0.25, 0.3) is 11.1 Å². The van der Waals surface area contributed by atoms with Crippen LogP contribution in [-0.2, 0) is 0 Å². The third kappa shape index (κ3) is 4.92. The fraction of sp³-hybridized carbons (Fsp3) is 0.538. The fourth-order valence-corrected chi connectivity index (χ4v) is 9.48. The molecule has 1 heterocycles. The summed E-state index contributed by atoms with van der Waals surface area (Å²) in [7, 11) is -0.322. The van der Waals surface area contributed by atoms with Crippen LogP contribution in [0.5, 0.6) is 0 Å². The summed E-state index contributed by atoms with van der Waals surface area (Å²) in [5, 5.41) is 0.804. The Bertz CT molecular complexity index is 720. The molecule has 0 bridgehead atoms. The van der Waals surface area contributed by atoms with Crippen LogP contribution in [-0.4, -0.2) is 8.80 Å². The van der Waals surface area contributed by atoms with Gasteiger partial charge in [0.2, 0.25) is 0 Å². The highest BCUT2D eigenvalue weighted by Crippen LogP contribution is 2.43. The Labute approximate surface area is 178 Å². The number of hydrogen-bond donors (Lipinski definition) is 0. The van der Waals surface area contributed by atoms with E-state index in [-0.39, 0.29) is 8.80 Å². The quantitative estimate of drug-likeness (QED) is 0.434. The van der Waals surface area contributed by atoms with Gasteiger partial charge in [0.05, 0.1) is 0 Å². The number of benzene rings is 2. The van der Waals surface area contributed by atoms with Gasteiger partial charge in [0.1, 0.15) is 0 Å². The molecular formula is C26H35ClSi. The van der Waals surface area contributed by atoms with Crippen molar-refractivity contribution >= 4 is 20.4 Å². The van der Waals surface area contributed by atoms with Gasteiger partial charge in [0, 0.05) is 13.8 Å². The van der Waals surface area contributed by atoms with Gasteiger partial charge in [-0.2, -0.15) is 0 Å². The van der Waals surface area contributed by atoms with Gasteiger partial charge >= 0.3 is 0 Å². The van der Waals surface area contributed by atoms with Crippen molar-refractivity contribution in [1.29, 1.82) is 0 Å². The lowest BCUT2D eigenvalue weighted by Gasteiger charge is -2.37. The lowest BCUT2D eigenvalue weighted by atomic mass is 9.72. The fourth-order valence-electron chi connectivity index (χ4n) is 5.87. The summed E-state index contributed by atoms with van der Waals surface area (Å²) in [5.41, 5.74) is 4.10. The zero-order valence-corrected chi connectivity index (χ0v) is 19.3. The Kier molecular flexibility index (Phi) is 6.96. The standard InChI is InChI=1S/C26H35ClSi/c1-2-17-28-18-15-25(16-19-28)23-9-7-21(8-10-23)20-3-5-22(6-4-20)24-11-13-26(27)14-12-24/h3-6,11-14,21,23,25,28H,2,7-10,15-19H2,1H3/t21-,23-,25?,28?. The van der Waals surface area contributed by atoms with Crippen molar-refractivity contribution in [3.05, 3.63) is 59.1 Å². The van der Waals surface area contributed by atoms with Crippen molar-refractivity contribution < 1.29 is 0 Å². The van der Waals surface area contributed by atoms with Crippen LogP contribution in [0, 0.1) is 11.8 Å². The minimum absolute atomic E-state index is 0.322. The van der Waals surface area contributed by atoms with E-state index in [0.717, 1.165) is 22.8 Å². The van der Waals surface area contributed by atoms with E-state index in [0.29, 0.717) is 0 Å². The zero-order valence-electron chi connectivity index (χ0n) is 17.4. The summed E-state index contributed by atoms with van der Waals surface area (Å²) in [6.45, 7) is 2.38. The van der Waals surface area contributed by atoms with Crippen LogP contribution < -0.4 is 0 Å². The Morgan fingerprint density at radius 3 is 1.86 bits per heavy atom. The number of rotatable bonds is 5. The molecular weight excluding hydrogens is 376 g/mol.